The van der Waals surface area contributed by atoms with Gasteiger partial charge in [-0.25, -0.2) is 8.78 Å². The zero-order valence-corrected chi connectivity index (χ0v) is 19.2. The van der Waals surface area contributed by atoms with Gasteiger partial charge in [0.1, 0.15) is 23.0 Å². The van der Waals surface area contributed by atoms with E-state index in [2.05, 4.69) is 10.2 Å². The lowest BCUT2D eigenvalue weighted by Crippen LogP contribution is -2.42. The van der Waals surface area contributed by atoms with Crippen LogP contribution in [-0.4, -0.2) is 40.8 Å². The van der Waals surface area contributed by atoms with Gasteiger partial charge in [0.05, 0.1) is 11.4 Å². The molecule has 1 spiro atoms. The van der Waals surface area contributed by atoms with Crippen molar-refractivity contribution in [2.24, 2.45) is 11.3 Å². The number of halogens is 5. The van der Waals surface area contributed by atoms with E-state index in [1.807, 2.05) is 4.90 Å². The smallest absolute Gasteiger partial charge is 0.371 e. The summed E-state index contributed by atoms with van der Waals surface area (Å²) in [4.78, 5) is 3.72. The standard InChI is InChI=1S/C25H26F5N5/c26-17-3-4-19(18(27)14-17)34-12-8-24(15-34)6-10-33(11-7-24)20-5-9-35-21(13-16-1-2-16)31-32-23(35)22(20)25(28,29)30/h3-5,9,14,16H,1-2,6-8,10-13,15H2. The molecule has 0 atom stereocenters. The molecule has 35 heavy (non-hydrogen) atoms. The summed E-state index contributed by atoms with van der Waals surface area (Å²) in [5, 5.41) is 8.03. The number of hydrogen-bond acceptors (Lipinski definition) is 4. The molecule has 0 amide bonds. The van der Waals surface area contributed by atoms with Gasteiger partial charge in [0.25, 0.3) is 0 Å². The molecule has 0 N–H and O–H groups in total. The van der Waals surface area contributed by atoms with Gasteiger partial charge in [-0.1, -0.05) is 0 Å². The van der Waals surface area contributed by atoms with Gasteiger partial charge in [0.2, 0.25) is 0 Å². The van der Waals surface area contributed by atoms with Crippen LogP contribution < -0.4 is 9.80 Å². The van der Waals surface area contributed by atoms with Gasteiger partial charge in [-0.3, -0.25) is 4.40 Å². The van der Waals surface area contributed by atoms with Crippen LogP contribution in [0.3, 0.4) is 0 Å². The summed E-state index contributed by atoms with van der Waals surface area (Å²) in [5.74, 6) is -0.129. The third kappa shape index (κ3) is 4.10. The maximum Gasteiger partial charge on any atom is 0.422 e. The molecule has 3 fully saturated rings. The average molecular weight is 492 g/mol. The van der Waals surface area contributed by atoms with E-state index in [1.165, 1.54) is 16.5 Å². The molecule has 3 aliphatic rings. The van der Waals surface area contributed by atoms with Crippen LogP contribution in [0.4, 0.5) is 33.3 Å². The minimum atomic E-state index is -4.55. The van der Waals surface area contributed by atoms with E-state index >= 15 is 0 Å². The summed E-state index contributed by atoms with van der Waals surface area (Å²) >= 11 is 0. The van der Waals surface area contributed by atoms with Crippen LogP contribution >= 0.6 is 0 Å². The van der Waals surface area contributed by atoms with Crippen molar-refractivity contribution in [2.75, 3.05) is 36.0 Å². The summed E-state index contributed by atoms with van der Waals surface area (Å²) in [6.07, 6.45) is 2.16. The number of benzene rings is 1. The van der Waals surface area contributed by atoms with E-state index in [1.54, 1.807) is 17.2 Å². The third-order valence-electron chi connectivity index (χ3n) is 7.93. The van der Waals surface area contributed by atoms with Gasteiger partial charge in [0, 0.05) is 44.9 Å². The predicted molar refractivity (Wildman–Crippen MR) is 121 cm³/mol. The zero-order valence-electron chi connectivity index (χ0n) is 19.2. The molecule has 1 saturated carbocycles. The lowest BCUT2D eigenvalue weighted by Gasteiger charge is -2.41. The van der Waals surface area contributed by atoms with Crippen LogP contribution in [-0.2, 0) is 12.6 Å². The van der Waals surface area contributed by atoms with Crippen molar-refractivity contribution in [2.45, 2.75) is 44.7 Å². The van der Waals surface area contributed by atoms with Crippen LogP contribution in [0.1, 0.15) is 43.5 Å². The highest BCUT2D eigenvalue weighted by Crippen LogP contribution is 2.46. The quantitative estimate of drug-likeness (QED) is 0.453. The molecule has 4 heterocycles. The van der Waals surface area contributed by atoms with E-state index in [0.717, 1.165) is 25.3 Å². The SMILES string of the molecule is Fc1ccc(N2CCC3(CCN(c4ccn5c(CC6CC6)nnc5c4C(F)(F)F)CC3)C2)c(F)c1. The van der Waals surface area contributed by atoms with Crippen molar-refractivity contribution in [3.05, 3.63) is 53.5 Å². The minimum Gasteiger partial charge on any atom is -0.371 e. The van der Waals surface area contributed by atoms with Crippen molar-refractivity contribution < 1.29 is 22.0 Å². The maximum atomic E-state index is 14.3. The normalized spacial score (nSPS) is 20.4. The van der Waals surface area contributed by atoms with Crippen molar-refractivity contribution in [1.29, 1.82) is 0 Å². The van der Waals surface area contributed by atoms with Crippen molar-refractivity contribution >= 4 is 17.0 Å². The number of hydrogen-bond donors (Lipinski definition) is 0. The Labute approximate surface area is 199 Å². The Morgan fingerprint density at radius 1 is 0.914 bits per heavy atom. The van der Waals surface area contributed by atoms with Gasteiger partial charge in [-0.2, -0.15) is 13.2 Å². The van der Waals surface area contributed by atoms with E-state index in [-0.39, 0.29) is 16.7 Å². The topological polar surface area (TPSA) is 36.7 Å². The van der Waals surface area contributed by atoms with E-state index < -0.39 is 23.4 Å². The molecule has 3 aromatic rings. The fourth-order valence-electron chi connectivity index (χ4n) is 5.76. The van der Waals surface area contributed by atoms with Crippen LogP contribution in [0.15, 0.2) is 30.5 Å². The molecule has 0 radical (unpaired) electrons. The number of pyridine rings is 1. The van der Waals surface area contributed by atoms with Crippen LogP contribution in [0, 0.1) is 23.0 Å². The van der Waals surface area contributed by atoms with Gasteiger partial charge >= 0.3 is 6.18 Å². The first-order valence-electron chi connectivity index (χ1n) is 12.1. The third-order valence-corrected chi connectivity index (χ3v) is 7.93. The number of aromatic nitrogens is 3. The highest BCUT2D eigenvalue weighted by Gasteiger charge is 2.44. The highest BCUT2D eigenvalue weighted by molar-refractivity contribution is 5.67. The number of nitrogens with zero attached hydrogens (tertiary/aromatic N) is 5. The first kappa shape index (κ1) is 22.5. The summed E-state index contributed by atoms with van der Waals surface area (Å²) in [5.41, 5.74) is -0.433. The van der Waals surface area contributed by atoms with Gasteiger partial charge in [-0.05, 0) is 61.6 Å². The molecule has 2 aromatic heterocycles. The van der Waals surface area contributed by atoms with Gasteiger partial charge < -0.3 is 9.80 Å². The van der Waals surface area contributed by atoms with E-state index in [4.69, 9.17) is 0 Å². The first-order valence-corrected chi connectivity index (χ1v) is 12.1. The second-order valence-corrected chi connectivity index (χ2v) is 10.3. The molecule has 2 aliphatic heterocycles. The van der Waals surface area contributed by atoms with Gasteiger partial charge in [0.15, 0.2) is 5.65 Å². The molecule has 10 heteroatoms. The lowest BCUT2D eigenvalue weighted by atomic mass is 9.77. The van der Waals surface area contributed by atoms with Crippen molar-refractivity contribution in [1.82, 2.24) is 14.6 Å². The highest BCUT2D eigenvalue weighted by atomic mass is 19.4. The fourth-order valence-corrected chi connectivity index (χ4v) is 5.76. The Bertz CT molecular complexity index is 1260. The molecule has 1 aromatic carbocycles. The zero-order chi connectivity index (χ0) is 24.4. The Hall–Kier alpha value is -2.91. The Morgan fingerprint density at radius 3 is 2.29 bits per heavy atom. The molecule has 5 nitrogen and oxygen atoms in total. The van der Waals surface area contributed by atoms with Gasteiger partial charge in [-0.15, -0.1) is 10.2 Å². The molecule has 6 rings (SSSR count). The number of rotatable bonds is 4. The Balaban J connectivity index is 1.23. The number of anilines is 2. The van der Waals surface area contributed by atoms with Crippen LogP contribution in [0.2, 0.25) is 0 Å². The molecule has 186 valence electrons. The summed E-state index contributed by atoms with van der Waals surface area (Å²) in [6.45, 7) is 2.21. The summed E-state index contributed by atoms with van der Waals surface area (Å²) < 4.78 is 71.8. The molecular formula is C25H26F5N5. The fraction of sp³-hybridized carbons (Fsp3) is 0.520. The van der Waals surface area contributed by atoms with Crippen molar-refractivity contribution in [3.63, 3.8) is 0 Å². The second kappa shape index (κ2) is 8.06. The van der Waals surface area contributed by atoms with Crippen LogP contribution in [0.25, 0.3) is 5.65 Å². The summed E-state index contributed by atoms with van der Waals surface area (Å²) in [7, 11) is 0. The number of fused-ring (bicyclic) bond motifs is 1. The van der Waals surface area contributed by atoms with E-state index in [9.17, 15) is 22.0 Å². The molecule has 0 bridgehead atoms. The molecule has 1 aliphatic carbocycles. The Morgan fingerprint density at radius 2 is 1.63 bits per heavy atom. The predicted octanol–water partition coefficient (Wildman–Crippen LogP) is 5.48. The molecule has 2 saturated heterocycles. The average Bonchev–Trinajstić information content (AvgIpc) is 3.41. The number of alkyl halides is 3. The Kier molecular flexibility index (Phi) is 5.19. The second-order valence-electron chi connectivity index (χ2n) is 10.3. The lowest BCUT2D eigenvalue weighted by molar-refractivity contribution is -0.136. The van der Waals surface area contributed by atoms with E-state index in [0.29, 0.717) is 62.9 Å². The number of piperidine rings is 1. The molecular weight excluding hydrogens is 465 g/mol. The minimum absolute atomic E-state index is 0.0912. The first-order chi connectivity index (χ1) is 16.7. The maximum absolute atomic E-state index is 14.3. The van der Waals surface area contributed by atoms with Crippen LogP contribution in [0.5, 0.6) is 0 Å². The summed E-state index contributed by atoms with van der Waals surface area (Å²) in [6, 6.07) is 5.14. The monoisotopic (exact) mass is 491 g/mol. The van der Waals surface area contributed by atoms with Crippen molar-refractivity contribution in [3.8, 4) is 0 Å². The molecule has 0 unspecified atom stereocenters. The largest absolute Gasteiger partial charge is 0.422 e.